The molecule has 0 spiro atoms. The minimum absolute atomic E-state index is 0.00922. The first-order valence-electron chi connectivity index (χ1n) is 9.26. The Morgan fingerprint density at radius 1 is 0.893 bits per heavy atom. The van der Waals surface area contributed by atoms with E-state index in [1.54, 1.807) is 12.4 Å². The highest BCUT2D eigenvalue weighted by molar-refractivity contribution is 6.30. The second-order valence-corrected chi connectivity index (χ2v) is 7.15. The van der Waals surface area contributed by atoms with Crippen LogP contribution in [-0.2, 0) is 0 Å². The van der Waals surface area contributed by atoms with E-state index in [1.165, 1.54) is 5.69 Å². The molecule has 4 rings (SSSR count). The van der Waals surface area contributed by atoms with Gasteiger partial charge in [0.2, 0.25) is 0 Å². The number of aromatic nitrogens is 1. The van der Waals surface area contributed by atoms with Crippen LogP contribution in [0.5, 0.6) is 0 Å². The van der Waals surface area contributed by atoms with Crippen LogP contribution >= 0.6 is 11.6 Å². The Kier molecular flexibility index (Phi) is 5.44. The number of anilines is 3. The summed E-state index contributed by atoms with van der Waals surface area (Å²) in [6, 6.07) is 19.6. The number of pyridine rings is 1. The van der Waals surface area contributed by atoms with Crippen LogP contribution in [0.3, 0.4) is 0 Å². The predicted octanol–water partition coefficient (Wildman–Crippen LogP) is 4.44. The molecule has 1 aliphatic heterocycles. The van der Waals surface area contributed by atoms with Crippen molar-refractivity contribution in [1.82, 2.24) is 9.88 Å². The largest absolute Gasteiger partial charge is 0.368 e. The average Bonchev–Trinajstić information content (AvgIpc) is 2.74. The number of benzene rings is 2. The molecule has 1 fully saturated rings. The highest BCUT2D eigenvalue weighted by Gasteiger charge is 2.22. The van der Waals surface area contributed by atoms with Crippen LogP contribution in [0.15, 0.2) is 73.1 Å². The van der Waals surface area contributed by atoms with Gasteiger partial charge in [0.25, 0.3) is 5.91 Å². The van der Waals surface area contributed by atoms with E-state index in [-0.39, 0.29) is 5.91 Å². The van der Waals surface area contributed by atoms with Crippen molar-refractivity contribution in [3.8, 4) is 0 Å². The van der Waals surface area contributed by atoms with Gasteiger partial charge in [0, 0.05) is 48.8 Å². The van der Waals surface area contributed by atoms with Crippen LogP contribution in [0.1, 0.15) is 10.4 Å². The molecule has 2 heterocycles. The summed E-state index contributed by atoms with van der Waals surface area (Å²) in [7, 11) is 0. The number of amides is 1. The minimum atomic E-state index is 0.00922. The van der Waals surface area contributed by atoms with Gasteiger partial charge >= 0.3 is 0 Å². The first-order valence-corrected chi connectivity index (χ1v) is 9.64. The molecule has 1 amide bonds. The number of nitrogens with zero attached hydrogens (tertiary/aromatic N) is 3. The third kappa shape index (κ3) is 4.26. The van der Waals surface area contributed by atoms with Gasteiger partial charge in [-0.1, -0.05) is 35.9 Å². The van der Waals surface area contributed by atoms with Gasteiger partial charge in [-0.05, 0) is 36.4 Å². The van der Waals surface area contributed by atoms with Crippen LogP contribution in [0.2, 0.25) is 5.02 Å². The summed E-state index contributed by atoms with van der Waals surface area (Å²) >= 11 is 6.03. The molecular formula is C22H21ClN4O. The molecule has 3 aromatic rings. The van der Waals surface area contributed by atoms with Gasteiger partial charge in [-0.25, -0.2) is 0 Å². The van der Waals surface area contributed by atoms with Gasteiger partial charge in [0.05, 0.1) is 17.4 Å². The molecule has 2 aromatic carbocycles. The summed E-state index contributed by atoms with van der Waals surface area (Å²) in [6.07, 6.45) is 3.32. The minimum Gasteiger partial charge on any atom is -0.368 e. The Balaban J connectivity index is 1.41. The first-order chi connectivity index (χ1) is 13.7. The van der Waals surface area contributed by atoms with Gasteiger partial charge < -0.3 is 15.1 Å². The zero-order valence-corrected chi connectivity index (χ0v) is 16.1. The Labute approximate surface area is 169 Å². The molecule has 142 valence electrons. The molecule has 6 heteroatoms. The van der Waals surface area contributed by atoms with E-state index in [9.17, 15) is 4.79 Å². The molecule has 0 atom stereocenters. The average molecular weight is 393 g/mol. The Bertz CT molecular complexity index is 956. The van der Waals surface area contributed by atoms with Gasteiger partial charge in [-0.2, -0.15) is 0 Å². The molecule has 1 aliphatic rings. The van der Waals surface area contributed by atoms with Crippen LogP contribution in [0.4, 0.5) is 17.1 Å². The normalized spacial score (nSPS) is 14.0. The lowest BCUT2D eigenvalue weighted by molar-refractivity contribution is 0.0746. The van der Waals surface area contributed by atoms with Crippen molar-refractivity contribution in [2.75, 3.05) is 36.4 Å². The lowest BCUT2D eigenvalue weighted by atomic mass is 10.2. The van der Waals surface area contributed by atoms with Crippen LogP contribution in [0, 0.1) is 0 Å². The standard InChI is InChI=1S/C22H21ClN4O/c23-18-5-4-6-19(14-18)25-20-13-17(15-24-16-20)22(28)27-11-9-26(10-12-27)21-7-2-1-3-8-21/h1-8,13-16,25H,9-12H2. The summed E-state index contributed by atoms with van der Waals surface area (Å²) in [4.78, 5) is 21.3. The molecule has 0 unspecified atom stereocenters. The van der Waals surface area contributed by atoms with E-state index in [1.807, 2.05) is 53.4 Å². The summed E-state index contributed by atoms with van der Waals surface area (Å²) in [5, 5.41) is 3.90. The smallest absolute Gasteiger partial charge is 0.255 e. The van der Waals surface area contributed by atoms with Crippen molar-refractivity contribution >= 4 is 34.6 Å². The van der Waals surface area contributed by atoms with Gasteiger partial charge in [0.1, 0.15) is 0 Å². The maximum absolute atomic E-state index is 12.9. The highest BCUT2D eigenvalue weighted by atomic mass is 35.5. The number of nitrogens with one attached hydrogen (secondary N) is 1. The van der Waals surface area contributed by atoms with Gasteiger partial charge in [-0.15, -0.1) is 0 Å². The number of carbonyl (C=O) groups excluding carboxylic acids is 1. The summed E-state index contributed by atoms with van der Waals surface area (Å²) in [5.74, 6) is 0.00922. The molecule has 0 aliphatic carbocycles. The molecule has 28 heavy (non-hydrogen) atoms. The zero-order valence-electron chi connectivity index (χ0n) is 15.4. The summed E-state index contributed by atoms with van der Waals surface area (Å²) < 4.78 is 0. The van der Waals surface area contributed by atoms with Crippen molar-refractivity contribution in [1.29, 1.82) is 0 Å². The molecule has 0 bridgehead atoms. The Morgan fingerprint density at radius 3 is 2.43 bits per heavy atom. The SMILES string of the molecule is O=C(c1cncc(Nc2cccc(Cl)c2)c1)N1CCN(c2ccccc2)CC1. The zero-order chi connectivity index (χ0) is 19.3. The van der Waals surface area contributed by atoms with E-state index < -0.39 is 0 Å². The van der Waals surface area contributed by atoms with E-state index in [0.29, 0.717) is 23.7 Å². The van der Waals surface area contributed by atoms with E-state index in [4.69, 9.17) is 11.6 Å². The van der Waals surface area contributed by atoms with Crippen LogP contribution in [0.25, 0.3) is 0 Å². The third-order valence-electron chi connectivity index (χ3n) is 4.79. The molecule has 0 radical (unpaired) electrons. The molecule has 5 nitrogen and oxygen atoms in total. The maximum Gasteiger partial charge on any atom is 0.255 e. The molecule has 1 N–H and O–H groups in total. The molecule has 1 aromatic heterocycles. The second kappa shape index (κ2) is 8.31. The number of piperazine rings is 1. The van der Waals surface area contributed by atoms with Crippen molar-refractivity contribution < 1.29 is 4.79 Å². The van der Waals surface area contributed by atoms with E-state index in [2.05, 4.69) is 27.3 Å². The van der Waals surface area contributed by atoms with Crippen LogP contribution < -0.4 is 10.2 Å². The molecular weight excluding hydrogens is 372 g/mol. The fraction of sp³-hybridized carbons (Fsp3) is 0.182. The first kappa shape index (κ1) is 18.3. The lowest BCUT2D eigenvalue weighted by Crippen LogP contribution is -2.48. The monoisotopic (exact) mass is 392 g/mol. The van der Waals surface area contributed by atoms with Crippen molar-refractivity contribution in [2.24, 2.45) is 0 Å². The maximum atomic E-state index is 12.9. The quantitative estimate of drug-likeness (QED) is 0.713. The number of rotatable bonds is 4. The second-order valence-electron chi connectivity index (χ2n) is 6.71. The third-order valence-corrected chi connectivity index (χ3v) is 5.02. The Hall–Kier alpha value is -3.05. The van der Waals surface area contributed by atoms with Gasteiger partial charge in [0.15, 0.2) is 0 Å². The number of carbonyl (C=O) groups is 1. The Morgan fingerprint density at radius 2 is 1.68 bits per heavy atom. The number of para-hydroxylation sites is 1. The highest BCUT2D eigenvalue weighted by Crippen LogP contribution is 2.21. The fourth-order valence-electron chi connectivity index (χ4n) is 3.35. The van der Waals surface area contributed by atoms with E-state index >= 15 is 0 Å². The van der Waals surface area contributed by atoms with Gasteiger partial charge in [-0.3, -0.25) is 9.78 Å². The molecule has 1 saturated heterocycles. The lowest BCUT2D eigenvalue weighted by Gasteiger charge is -2.36. The predicted molar refractivity (Wildman–Crippen MR) is 114 cm³/mol. The summed E-state index contributed by atoms with van der Waals surface area (Å²) in [6.45, 7) is 3.03. The number of halogens is 1. The van der Waals surface area contributed by atoms with E-state index in [0.717, 1.165) is 24.5 Å². The number of hydrogen-bond acceptors (Lipinski definition) is 4. The molecule has 0 saturated carbocycles. The fourth-order valence-corrected chi connectivity index (χ4v) is 3.54. The van der Waals surface area contributed by atoms with Crippen molar-refractivity contribution in [3.05, 3.63) is 83.6 Å². The number of hydrogen-bond donors (Lipinski definition) is 1. The van der Waals surface area contributed by atoms with Crippen LogP contribution in [-0.4, -0.2) is 42.0 Å². The van der Waals surface area contributed by atoms with Crippen molar-refractivity contribution in [2.45, 2.75) is 0 Å². The van der Waals surface area contributed by atoms with Crippen molar-refractivity contribution in [3.63, 3.8) is 0 Å². The topological polar surface area (TPSA) is 48.5 Å². The summed E-state index contributed by atoms with van der Waals surface area (Å²) in [5.41, 5.74) is 3.40.